The first-order chi connectivity index (χ1) is 10.4. The zero-order valence-corrected chi connectivity index (χ0v) is 11.9. The van der Waals surface area contributed by atoms with Crippen molar-refractivity contribution in [1.29, 1.82) is 0 Å². The molecule has 22 heavy (non-hydrogen) atoms. The molecule has 2 nitrogen and oxygen atoms in total. The first-order valence-corrected chi connectivity index (χ1v) is 7.19. The van der Waals surface area contributed by atoms with Gasteiger partial charge < -0.3 is 11.1 Å². The molecule has 1 aliphatic rings. The van der Waals surface area contributed by atoms with Crippen LogP contribution in [0.2, 0.25) is 0 Å². The SMILES string of the molecule is NC1CC1c1ccc(NCc2ccc(C(F)(F)F)cc2)cc1. The summed E-state index contributed by atoms with van der Waals surface area (Å²) in [6, 6.07) is 13.5. The van der Waals surface area contributed by atoms with Crippen LogP contribution in [0.15, 0.2) is 48.5 Å². The maximum atomic E-state index is 12.5. The molecule has 2 aromatic carbocycles. The highest BCUT2D eigenvalue weighted by molar-refractivity contribution is 5.47. The Morgan fingerprint density at radius 1 is 1.00 bits per heavy atom. The smallest absolute Gasteiger partial charge is 0.381 e. The molecule has 0 aliphatic heterocycles. The molecular formula is C17H17F3N2. The molecule has 2 atom stereocenters. The van der Waals surface area contributed by atoms with Gasteiger partial charge in [-0.3, -0.25) is 0 Å². The number of hydrogen-bond donors (Lipinski definition) is 2. The Morgan fingerprint density at radius 3 is 2.09 bits per heavy atom. The fourth-order valence-electron chi connectivity index (χ4n) is 2.46. The maximum Gasteiger partial charge on any atom is 0.416 e. The zero-order valence-electron chi connectivity index (χ0n) is 11.9. The standard InChI is InChI=1S/C17H17F3N2/c18-17(19,20)13-5-1-11(2-6-13)10-22-14-7-3-12(4-8-14)15-9-16(15)21/h1-8,15-16,22H,9-10,21H2. The molecule has 0 aromatic heterocycles. The normalized spacial score (nSPS) is 20.7. The van der Waals surface area contributed by atoms with Gasteiger partial charge in [0, 0.05) is 24.2 Å². The molecule has 1 fully saturated rings. The summed E-state index contributed by atoms with van der Waals surface area (Å²) in [4.78, 5) is 0. The van der Waals surface area contributed by atoms with Crippen LogP contribution in [-0.4, -0.2) is 6.04 Å². The lowest BCUT2D eigenvalue weighted by Crippen LogP contribution is -2.05. The van der Waals surface area contributed by atoms with Crippen LogP contribution in [0.4, 0.5) is 18.9 Å². The van der Waals surface area contributed by atoms with E-state index < -0.39 is 11.7 Å². The van der Waals surface area contributed by atoms with Gasteiger partial charge >= 0.3 is 6.18 Å². The van der Waals surface area contributed by atoms with Crippen LogP contribution in [0.25, 0.3) is 0 Å². The number of halogens is 3. The van der Waals surface area contributed by atoms with Crippen LogP contribution < -0.4 is 11.1 Å². The summed E-state index contributed by atoms with van der Waals surface area (Å²) in [5, 5.41) is 3.20. The molecular weight excluding hydrogens is 289 g/mol. The number of hydrogen-bond acceptors (Lipinski definition) is 2. The Hall–Kier alpha value is -2.01. The Labute approximate surface area is 127 Å². The van der Waals surface area contributed by atoms with E-state index in [2.05, 4.69) is 5.32 Å². The molecule has 1 saturated carbocycles. The maximum absolute atomic E-state index is 12.5. The number of nitrogens with two attached hydrogens (primary N) is 1. The molecule has 1 aliphatic carbocycles. The van der Waals surface area contributed by atoms with Crippen LogP contribution in [0.5, 0.6) is 0 Å². The third-order valence-electron chi connectivity index (χ3n) is 3.96. The number of benzene rings is 2. The quantitative estimate of drug-likeness (QED) is 0.891. The third kappa shape index (κ3) is 3.42. The Bertz CT molecular complexity index is 632. The largest absolute Gasteiger partial charge is 0.416 e. The van der Waals surface area contributed by atoms with Crippen LogP contribution >= 0.6 is 0 Å². The average molecular weight is 306 g/mol. The van der Waals surface area contributed by atoms with E-state index >= 15 is 0 Å². The average Bonchev–Trinajstić information content (AvgIpc) is 3.22. The molecule has 0 spiro atoms. The van der Waals surface area contributed by atoms with E-state index in [0.29, 0.717) is 12.5 Å². The van der Waals surface area contributed by atoms with Crippen molar-refractivity contribution in [3.8, 4) is 0 Å². The molecule has 0 amide bonds. The van der Waals surface area contributed by atoms with E-state index in [-0.39, 0.29) is 6.04 Å². The first kappa shape index (κ1) is 14.9. The topological polar surface area (TPSA) is 38.0 Å². The Balaban J connectivity index is 1.58. The molecule has 2 aromatic rings. The number of anilines is 1. The van der Waals surface area contributed by atoms with Crippen molar-refractivity contribution < 1.29 is 13.2 Å². The van der Waals surface area contributed by atoms with Gasteiger partial charge in [-0.15, -0.1) is 0 Å². The van der Waals surface area contributed by atoms with E-state index in [1.165, 1.54) is 17.7 Å². The molecule has 5 heteroatoms. The fraction of sp³-hybridized carbons (Fsp3) is 0.294. The second-order valence-corrected chi connectivity index (χ2v) is 5.68. The highest BCUT2D eigenvalue weighted by atomic mass is 19.4. The second kappa shape index (κ2) is 5.65. The van der Waals surface area contributed by atoms with Gasteiger partial charge in [0.15, 0.2) is 0 Å². The third-order valence-corrected chi connectivity index (χ3v) is 3.96. The van der Waals surface area contributed by atoms with Gasteiger partial charge in [-0.1, -0.05) is 24.3 Å². The lowest BCUT2D eigenvalue weighted by molar-refractivity contribution is -0.137. The first-order valence-electron chi connectivity index (χ1n) is 7.19. The minimum absolute atomic E-state index is 0.283. The number of alkyl halides is 3. The van der Waals surface area contributed by atoms with Crippen molar-refractivity contribution in [2.45, 2.75) is 31.1 Å². The van der Waals surface area contributed by atoms with Crippen molar-refractivity contribution in [2.75, 3.05) is 5.32 Å². The number of rotatable bonds is 4. The highest BCUT2D eigenvalue weighted by Crippen LogP contribution is 2.39. The molecule has 3 N–H and O–H groups in total. The lowest BCUT2D eigenvalue weighted by Gasteiger charge is -2.10. The van der Waals surface area contributed by atoms with Crippen molar-refractivity contribution in [2.24, 2.45) is 5.73 Å². The number of nitrogens with one attached hydrogen (secondary N) is 1. The van der Waals surface area contributed by atoms with Crippen molar-refractivity contribution in [1.82, 2.24) is 0 Å². The minimum Gasteiger partial charge on any atom is -0.381 e. The molecule has 3 rings (SSSR count). The monoisotopic (exact) mass is 306 g/mol. The Morgan fingerprint density at radius 2 is 1.59 bits per heavy atom. The molecule has 2 unspecified atom stereocenters. The van der Waals surface area contributed by atoms with Gasteiger partial charge in [-0.05, 0) is 41.8 Å². The van der Waals surface area contributed by atoms with Gasteiger partial charge in [0.1, 0.15) is 0 Å². The van der Waals surface area contributed by atoms with Crippen LogP contribution in [0.1, 0.15) is 29.0 Å². The van der Waals surface area contributed by atoms with E-state index in [4.69, 9.17) is 5.73 Å². The summed E-state index contributed by atoms with van der Waals surface area (Å²) in [6.07, 6.45) is -3.25. The predicted molar refractivity (Wildman–Crippen MR) is 80.5 cm³/mol. The van der Waals surface area contributed by atoms with Gasteiger partial charge in [0.05, 0.1) is 5.56 Å². The predicted octanol–water partition coefficient (Wildman–Crippen LogP) is 4.13. The summed E-state index contributed by atoms with van der Waals surface area (Å²) < 4.78 is 37.4. The lowest BCUT2D eigenvalue weighted by atomic mass is 10.1. The zero-order chi connectivity index (χ0) is 15.7. The van der Waals surface area contributed by atoms with E-state index in [0.717, 1.165) is 29.8 Å². The van der Waals surface area contributed by atoms with Crippen LogP contribution in [-0.2, 0) is 12.7 Å². The van der Waals surface area contributed by atoms with Crippen LogP contribution in [0, 0.1) is 0 Å². The molecule has 0 radical (unpaired) electrons. The summed E-state index contributed by atoms with van der Waals surface area (Å²) in [6.45, 7) is 0.487. The van der Waals surface area contributed by atoms with Crippen LogP contribution in [0.3, 0.4) is 0 Å². The second-order valence-electron chi connectivity index (χ2n) is 5.68. The van der Waals surface area contributed by atoms with E-state index in [1.807, 2.05) is 24.3 Å². The molecule has 0 heterocycles. The summed E-state index contributed by atoms with van der Waals surface area (Å²) in [7, 11) is 0. The van der Waals surface area contributed by atoms with E-state index in [9.17, 15) is 13.2 Å². The molecule has 0 saturated heterocycles. The minimum atomic E-state index is -4.29. The van der Waals surface area contributed by atoms with Crippen molar-refractivity contribution >= 4 is 5.69 Å². The highest BCUT2D eigenvalue weighted by Gasteiger charge is 2.34. The summed E-state index contributed by atoms with van der Waals surface area (Å²) in [5.74, 6) is 0.476. The summed E-state index contributed by atoms with van der Waals surface area (Å²) >= 11 is 0. The Kier molecular flexibility index (Phi) is 3.83. The molecule has 116 valence electrons. The van der Waals surface area contributed by atoms with Gasteiger partial charge in [0.25, 0.3) is 0 Å². The van der Waals surface area contributed by atoms with E-state index in [1.54, 1.807) is 0 Å². The van der Waals surface area contributed by atoms with Gasteiger partial charge in [-0.2, -0.15) is 13.2 Å². The van der Waals surface area contributed by atoms with Gasteiger partial charge in [-0.25, -0.2) is 0 Å². The molecule has 0 bridgehead atoms. The van der Waals surface area contributed by atoms with Crippen molar-refractivity contribution in [3.63, 3.8) is 0 Å². The summed E-state index contributed by atoms with van der Waals surface area (Å²) in [5.41, 5.74) is 8.19. The fourth-order valence-corrected chi connectivity index (χ4v) is 2.46. The van der Waals surface area contributed by atoms with Gasteiger partial charge in [0.2, 0.25) is 0 Å². The van der Waals surface area contributed by atoms with Crippen molar-refractivity contribution in [3.05, 3.63) is 65.2 Å².